The fourth-order valence-electron chi connectivity index (χ4n) is 3.56. The second-order valence-corrected chi connectivity index (χ2v) is 7.26. The van der Waals surface area contributed by atoms with E-state index in [1.165, 1.54) is 10.6 Å². The molecule has 3 aromatic rings. The normalized spacial score (nSPS) is 12.7. The summed E-state index contributed by atoms with van der Waals surface area (Å²) in [7, 11) is 0. The fraction of sp³-hybridized carbons (Fsp3) is 0.364. The van der Waals surface area contributed by atoms with E-state index in [9.17, 15) is 14.4 Å². The Balaban J connectivity index is 1.53. The van der Waals surface area contributed by atoms with Crippen molar-refractivity contribution in [3.63, 3.8) is 0 Å². The van der Waals surface area contributed by atoms with Gasteiger partial charge in [-0.2, -0.15) is 0 Å². The molecule has 32 heavy (non-hydrogen) atoms. The van der Waals surface area contributed by atoms with Crippen LogP contribution >= 0.6 is 0 Å². The largest absolute Gasteiger partial charge is 0.454 e. The van der Waals surface area contributed by atoms with Gasteiger partial charge in [0, 0.05) is 19.2 Å². The van der Waals surface area contributed by atoms with Crippen LogP contribution in [-0.4, -0.2) is 31.9 Å². The first-order valence-electron chi connectivity index (χ1n) is 10.5. The van der Waals surface area contributed by atoms with Gasteiger partial charge in [0.15, 0.2) is 22.7 Å². The van der Waals surface area contributed by atoms with E-state index in [1.807, 2.05) is 13.8 Å². The molecule has 0 unspecified atom stereocenters. The number of carbonyl (C=O) groups excluding carboxylic acids is 1. The maximum absolute atomic E-state index is 12.4. The highest BCUT2D eigenvalue weighted by Gasteiger charge is 2.18. The Hall–Kier alpha value is -3.82. The summed E-state index contributed by atoms with van der Waals surface area (Å²) in [5.41, 5.74) is 0.360. The Morgan fingerprint density at radius 2 is 2.03 bits per heavy atom. The molecule has 0 radical (unpaired) electrons. The van der Waals surface area contributed by atoms with Gasteiger partial charge in [-0.1, -0.05) is 19.4 Å². The Morgan fingerprint density at radius 3 is 2.81 bits per heavy atom. The number of aryl methyl sites for hydroxylation is 2. The van der Waals surface area contributed by atoms with Gasteiger partial charge < -0.3 is 18.8 Å². The van der Waals surface area contributed by atoms with E-state index < -0.39 is 17.2 Å². The van der Waals surface area contributed by atoms with E-state index in [0.717, 1.165) is 18.4 Å². The highest BCUT2D eigenvalue weighted by atomic mass is 16.7. The van der Waals surface area contributed by atoms with E-state index in [-0.39, 0.29) is 13.4 Å². The fourth-order valence-corrected chi connectivity index (χ4v) is 3.56. The minimum absolute atomic E-state index is 0.131. The summed E-state index contributed by atoms with van der Waals surface area (Å²) < 4.78 is 19.0. The molecule has 0 amide bonds. The molecule has 1 aromatic carbocycles. The van der Waals surface area contributed by atoms with Crippen molar-refractivity contribution in [3.05, 3.63) is 56.5 Å². The number of H-pyrrole nitrogens is 1. The number of hydrogen-bond donors (Lipinski definition) is 1. The van der Waals surface area contributed by atoms with Gasteiger partial charge in [0.25, 0.3) is 5.56 Å². The van der Waals surface area contributed by atoms with E-state index >= 15 is 0 Å². The van der Waals surface area contributed by atoms with Crippen LogP contribution in [0.1, 0.15) is 38.1 Å². The highest BCUT2D eigenvalue weighted by molar-refractivity contribution is 5.87. The molecule has 0 fully saturated rings. The Bertz CT molecular complexity index is 1300. The summed E-state index contributed by atoms with van der Waals surface area (Å²) in [6.07, 6.45) is 4.58. The molecule has 1 aliphatic rings. The lowest BCUT2D eigenvalue weighted by Crippen LogP contribution is -2.31. The van der Waals surface area contributed by atoms with Crippen molar-refractivity contribution < 1.29 is 19.0 Å². The molecule has 0 saturated heterocycles. The van der Waals surface area contributed by atoms with Crippen molar-refractivity contribution in [2.24, 2.45) is 0 Å². The quantitative estimate of drug-likeness (QED) is 0.421. The second-order valence-electron chi connectivity index (χ2n) is 7.26. The number of nitrogens with one attached hydrogen (secondary N) is 1. The summed E-state index contributed by atoms with van der Waals surface area (Å²) in [5.74, 6) is 1.12. The molecule has 0 atom stereocenters. The molecule has 4 rings (SSSR count). The van der Waals surface area contributed by atoms with Crippen molar-refractivity contribution in [2.45, 2.75) is 46.4 Å². The summed E-state index contributed by atoms with van der Waals surface area (Å²) >= 11 is 0. The number of hydrogen-bond acceptors (Lipinski definition) is 7. The summed E-state index contributed by atoms with van der Waals surface area (Å²) in [5, 5.41) is 0. The van der Waals surface area contributed by atoms with Crippen LogP contribution in [-0.2, 0) is 29.2 Å². The Kier molecular flexibility index (Phi) is 6.11. The summed E-state index contributed by atoms with van der Waals surface area (Å²) in [6.45, 7) is 4.80. The number of imidazole rings is 1. The first-order chi connectivity index (χ1) is 15.5. The third-order valence-electron chi connectivity index (χ3n) is 5.17. The van der Waals surface area contributed by atoms with Crippen molar-refractivity contribution in [2.75, 3.05) is 6.79 Å². The number of rotatable bonds is 8. The number of benzene rings is 1. The van der Waals surface area contributed by atoms with E-state index in [2.05, 4.69) is 9.97 Å². The number of aromatic amines is 1. The zero-order chi connectivity index (χ0) is 22.7. The van der Waals surface area contributed by atoms with E-state index in [4.69, 9.17) is 14.2 Å². The van der Waals surface area contributed by atoms with Gasteiger partial charge >= 0.3 is 11.7 Å². The number of unbranched alkanes of at least 4 members (excludes halogenated alkanes) is 1. The van der Waals surface area contributed by atoms with Gasteiger partial charge in [-0.3, -0.25) is 14.3 Å². The first kappa shape index (κ1) is 21.4. The minimum atomic E-state index is -0.561. The number of nitrogens with zero attached hydrogens (tertiary/aromatic N) is 3. The Morgan fingerprint density at radius 1 is 1.22 bits per heavy atom. The van der Waals surface area contributed by atoms with Crippen LogP contribution in [0.5, 0.6) is 11.5 Å². The van der Waals surface area contributed by atoms with E-state index in [1.54, 1.807) is 28.8 Å². The molecular weight excluding hydrogens is 416 g/mol. The third-order valence-corrected chi connectivity index (χ3v) is 5.17. The number of carbonyl (C=O) groups is 1. The first-order valence-corrected chi connectivity index (χ1v) is 10.5. The molecule has 2 aromatic heterocycles. The molecule has 0 spiro atoms. The molecule has 168 valence electrons. The number of esters is 1. The van der Waals surface area contributed by atoms with Crippen LogP contribution in [0, 0.1) is 0 Å². The zero-order valence-corrected chi connectivity index (χ0v) is 17.9. The van der Waals surface area contributed by atoms with Crippen molar-refractivity contribution in [1.29, 1.82) is 0 Å². The van der Waals surface area contributed by atoms with Crippen molar-refractivity contribution in [3.8, 4) is 11.5 Å². The van der Waals surface area contributed by atoms with Gasteiger partial charge in [0.2, 0.25) is 6.79 Å². The maximum atomic E-state index is 12.4. The lowest BCUT2D eigenvalue weighted by molar-refractivity contribution is -0.139. The van der Waals surface area contributed by atoms with Crippen LogP contribution < -0.4 is 20.7 Å². The van der Waals surface area contributed by atoms with Gasteiger partial charge in [0.1, 0.15) is 12.4 Å². The second kappa shape index (κ2) is 9.13. The lowest BCUT2D eigenvalue weighted by atomic mass is 10.2. The topological polar surface area (TPSA) is 117 Å². The van der Waals surface area contributed by atoms with Crippen LogP contribution in [0.25, 0.3) is 17.2 Å². The lowest BCUT2D eigenvalue weighted by Gasteiger charge is -2.06. The van der Waals surface area contributed by atoms with Crippen LogP contribution in [0.4, 0.5) is 0 Å². The molecule has 10 nitrogen and oxygen atoms in total. The van der Waals surface area contributed by atoms with Crippen LogP contribution in [0.15, 0.2) is 33.9 Å². The number of ether oxygens (including phenoxy) is 3. The molecular formula is C22H24N4O6. The van der Waals surface area contributed by atoms with Crippen molar-refractivity contribution in [1.82, 2.24) is 19.1 Å². The molecule has 10 heteroatoms. The smallest absolute Gasteiger partial charge is 0.331 e. The van der Waals surface area contributed by atoms with Gasteiger partial charge in [0.05, 0.1) is 0 Å². The highest BCUT2D eigenvalue weighted by Crippen LogP contribution is 2.32. The molecule has 0 aliphatic carbocycles. The standard InChI is InChI=1S/C22H24N4O6/c1-3-5-10-26-20-19(21(28)24-22(26)29)25(4-2)17(23-20)12-30-18(27)9-7-14-6-8-15-16(11-14)32-13-31-15/h6-9,11H,3-5,10,12-13H2,1-2H3,(H,24,28,29)/b9-7+. The number of fused-ring (bicyclic) bond motifs is 2. The van der Waals surface area contributed by atoms with Gasteiger partial charge in [-0.15, -0.1) is 0 Å². The average molecular weight is 440 g/mol. The SMILES string of the molecule is CCCCn1c(=O)[nH]c(=O)c2c1nc(COC(=O)/C=C/c1ccc3c(c1)OCO3)n2CC. The molecule has 1 aliphatic heterocycles. The molecule has 3 heterocycles. The zero-order valence-electron chi connectivity index (χ0n) is 17.9. The summed E-state index contributed by atoms with van der Waals surface area (Å²) in [6, 6.07) is 5.34. The average Bonchev–Trinajstić information content (AvgIpc) is 3.40. The Labute approximate surface area is 183 Å². The summed E-state index contributed by atoms with van der Waals surface area (Å²) in [4.78, 5) is 43.8. The molecule has 0 bridgehead atoms. The van der Waals surface area contributed by atoms with Gasteiger partial charge in [-0.05, 0) is 37.1 Å². The monoisotopic (exact) mass is 440 g/mol. The number of aromatic nitrogens is 4. The van der Waals surface area contributed by atoms with Crippen LogP contribution in [0.2, 0.25) is 0 Å². The maximum Gasteiger partial charge on any atom is 0.331 e. The van der Waals surface area contributed by atoms with Crippen LogP contribution in [0.3, 0.4) is 0 Å². The predicted octanol–water partition coefficient (Wildman–Crippen LogP) is 2.19. The predicted molar refractivity (Wildman–Crippen MR) is 117 cm³/mol. The van der Waals surface area contributed by atoms with Crippen molar-refractivity contribution >= 4 is 23.2 Å². The third kappa shape index (κ3) is 4.16. The molecule has 0 saturated carbocycles. The van der Waals surface area contributed by atoms with E-state index in [0.29, 0.717) is 41.6 Å². The minimum Gasteiger partial charge on any atom is -0.454 e. The van der Waals surface area contributed by atoms with Gasteiger partial charge in [-0.25, -0.2) is 14.6 Å². The molecule has 1 N–H and O–H groups in total.